The van der Waals surface area contributed by atoms with Crippen LogP contribution in [0, 0.1) is 9.93 Å². The van der Waals surface area contributed by atoms with E-state index < -0.39 is 7.82 Å². The minimum absolute atomic E-state index is 0. The van der Waals surface area contributed by atoms with E-state index in [0.717, 1.165) is 0 Å². The van der Waals surface area contributed by atoms with Crippen molar-refractivity contribution >= 4 is 7.82 Å². The van der Waals surface area contributed by atoms with Crippen molar-refractivity contribution in [2.24, 2.45) is 0 Å². The van der Waals surface area contributed by atoms with E-state index in [1.54, 1.807) is 0 Å². The summed E-state index contributed by atoms with van der Waals surface area (Å²) >= 11 is 0. The van der Waals surface area contributed by atoms with Gasteiger partial charge in [0, 0.05) is 36.1 Å². The molecule has 48 valence electrons. The van der Waals surface area contributed by atoms with Crippen molar-refractivity contribution in [1.29, 1.82) is 0 Å². The van der Waals surface area contributed by atoms with Crippen LogP contribution in [0.25, 0.3) is 0 Å². The number of hydrogen-bond donors (Lipinski definition) is 3. The summed E-state index contributed by atoms with van der Waals surface area (Å²) < 4.78 is 8.88. The van der Waals surface area contributed by atoms with Crippen molar-refractivity contribution in [3.8, 4) is 0 Å². The van der Waals surface area contributed by atoms with Gasteiger partial charge in [-0.1, -0.05) is 0 Å². The van der Waals surface area contributed by atoms with Crippen LogP contribution in [0.4, 0.5) is 0 Å². The SMILES string of the molecule is O=O.O=P(O)(O)O.[Zr]. The van der Waals surface area contributed by atoms with E-state index in [1.807, 2.05) is 0 Å². The Labute approximate surface area is 63.5 Å². The van der Waals surface area contributed by atoms with Crippen molar-refractivity contribution in [2.75, 3.05) is 0 Å². The van der Waals surface area contributed by atoms with Crippen LogP contribution >= 0.6 is 7.82 Å². The predicted octanol–water partition coefficient (Wildman–Crippen LogP) is -0.864. The van der Waals surface area contributed by atoms with Crippen molar-refractivity contribution < 1.29 is 45.4 Å². The summed E-state index contributed by atoms with van der Waals surface area (Å²) in [5.74, 6) is 0. The fraction of sp³-hybridized carbons (Fsp3) is 0. The third-order valence-corrected chi connectivity index (χ3v) is 0. The van der Waals surface area contributed by atoms with Gasteiger partial charge in [0.25, 0.3) is 0 Å². The normalized spacial score (nSPS) is 7.88. The Hall–Kier alpha value is 0.593. The second-order valence-electron chi connectivity index (χ2n) is 0.513. The molecule has 0 saturated carbocycles. The Morgan fingerprint density at radius 1 is 1.00 bits per heavy atom. The van der Waals surface area contributed by atoms with Crippen molar-refractivity contribution in [1.82, 2.24) is 0 Å². The van der Waals surface area contributed by atoms with Gasteiger partial charge in [-0.2, -0.15) is 0 Å². The van der Waals surface area contributed by atoms with E-state index >= 15 is 0 Å². The van der Waals surface area contributed by atoms with Crippen LogP contribution in [0.1, 0.15) is 0 Å². The molecule has 0 aliphatic heterocycles. The zero-order valence-corrected chi connectivity index (χ0v) is 6.87. The van der Waals surface area contributed by atoms with E-state index in [0.29, 0.717) is 0 Å². The molecule has 3 N–H and O–H groups in total. The Balaban J connectivity index is -0.0000000750. The molecule has 0 spiro atoms. The first-order valence-electron chi connectivity index (χ1n) is 0.949. The van der Waals surface area contributed by atoms with E-state index in [4.69, 9.17) is 29.2 Å². The standard InChI is InChI=1S/H3O4P.O2.Zr/c1-5(2,3)4;1-2;/h(H3,1,2,3,4);;. The van der Waals surface area contributed by atoms with Gasteiger partial charge >= 0.3 is 7.82 Å². The van der Waals surface area contributed by atoms with Gasteiger partial charge in [-0.15, -0.1) is 0 Å². The van der Waals surface area contributed by atoms with E-state index in [1.165, 1.54) is 0 Å². The molecule has 0 aromatic rings. The Morgan fingerprint density at radius 2 is 1.00 bits per heavy atom. The second kappa shape index (κ2) is 7.59. The molecule has 6 nitrogen and oxygen atoms in total. The van der Waals surface area contributed by atoms with E-state index in [2.05, 4.69) is 0 Å². The maximum absolute atomic E-state index is 8.88. The fourth-order valence-electron chi connectivity index (χ4n) is 0. The molecule has 0 aliphatic carbocycles. The average Bonchev–Trinajstić information content (AvgIpc) is 1.36. The van der Waals surface area contributed by atoms with Crippen LogP contribution in [0.5, 0.6) is 0 Å². The third-order valence-electron chi connectivity index (χ3n) is 0. The maximum Gasteiger partial charge on any atom is 0.466 e. The average molecular weight is 221 g/mol. The van der Waals surface area contributed by atoms with Crippen LogP contribution in [0.3, 0.4) is 0 Å². The van der Waals surface area contributed by atoms with Gasteiger partial charge in [0.2, 0.25) is 0 Å². The molecule has 0 unspecified atom stereocenters. The number of phosphoric acid groups is 1. The van der Waals surface area contributed by atoms with Crippen molar-refractivity contribution in [3.05, 3.63) is 9.93 Å². The Morgan fingerprint density at radius 3 is 1.00 bits per heavy atom. The summed E-state index contributed by atoms with van der Waals surface area (Å²) in [6.07, 6.45) is 0. The van der Waals surface area contributed by atoms with Crippen LogP contribution in [-0.4, -0.2) is 14.7 Å². The first-order chi connectivity index (χ1) is 3.00. The first-order valence-corrected chi connectivity index (χ1v) is 2.51. The van der Waals surface area contributed by atoms with Crippen LogP contribution in [-0.2, 0) is 30.8 Å². The molecule has 0 heterocycles. The molecule has 0 atom stereocenters. The van der Waals surface area contributed by atoms with Gasteiger partial charge in [-0.05, 0) is 0 Å². The summed E-state index contributed by atoms with van der Waals surface area (Å²) in [4.78, 5) is 35.6. The first kappa shape index (κ1) is 15.8. The smallest absolute Gasteiger partial charge is 0.303 e. The van der Waals surface area contributed by atoms with Crippen molar-refractivity contribution in [2.45, 2.75) is 0 Å². The molecule has 0 aromatic carbocycles. The molecular weight excluding hydrogens is 218 g/mol. The van der Waals surface area contributed by atoms with Crippen LogP contribution < -0.4 is 0 Å². The largest absolute Gasteiger partial charge is 0.466 e. The molecule has 8 heavy (non-hydrogen) atoms. The van der Waals surface area contributed by atoms with Gasteiger partial charge in [0.05, 0.1) is 0 Å². The van der Waals surface area contributed by atoms with Crippen molar-refractivity contribution in [3.63, 3.8) is 0 Å². The van der Waals surface area contributed by atoms with E-state index in [-0.39, 0.29) is 26.2 Å². The zero-order valence-electron chi connectivity index (χ0n) is 3.51. The number of hydrogen-bond acceptors (Lipinski definition) is 3. The molecule has 0 radical (unpaired) electrons. The van der Waals surface area contributed by atoms with Gasteiger partial charge in [0.15, 0.2) is 0 Å². The monoisotopic (exact) mass is 220 g/mol. The van der Waals surface area contributed by atoms with Gasteiger partial charge in [0.1, 0.15) is 0 Å². The summed E-state index contributed by atoms with van der Waals surface area (Å²) in [6.45, 7) is 0. The van der Waals surface area contributed by atoms with E-state index in [9.17, 15) is 0 Å². The molecule has 0 bridgehead atoms. The molecule has 0 fully saturated rings. The summed E-state index contributed by atoms with van der Waals surface area (Å²) in [6, 6.07) is 0. The molecule has 0 aliphatic rings. The van der Waals surface area contributed by atoms with Crippen LogP contribution in [0.2, 0.25) is 0 Å². The molecule has 0 rings (SSSR count). The van der Waals surface area contributed by atoms with Gasteiger partial charge in [-0.25, -0.2) is 4.57 Å². The molecule has 8 heteroatoms. The zero-order chi connectivity index (χ0) is 6.50. The van der Waals surface area contributed by atoms with Gasteiger partial charge in [-0.3, -0.25) is 0 Å². The Bertz CT molecular complexity index is 64.3. The molecule has 0 amide bonds. The number of rotatable bonds is 0. The third kappa shape index (κ3) is 586. The minimum atomic E-state index is -4.64. The fourth-order valence-corrected chi connectivity index (χ4v) is 0. The quantitative estimate of drug-likeness (QED) is 0.459. The minimum Gasteiger partial charge on any atom is -0.303 e. The summed E-state index contributed by atoms with van der Waals surface area (Å²) in [7, 11) is -4.64. The predicted molar refractivity (Wildman–Crippen MR) is 21.0 cm³/mol. The maximum atomic E-state index is 8.88. The second-order valence-corrected chi connectivity index (χ2v) is 1.54. The molecule has 0 saturated heterocycles. The van der Waals surface area contributed by atoms with Gasteiger partial charge < -0.3 is 14.7 Å². The summed E-state index contributed by atoms with van der Waals surface area (Å²) in [5.41, 5.74) is 0. The molecule has 0 aromatic heterocycles. The Kier molecular flexibility index (Phi) is 15.0. The van der Waals surface area contributed by atoms with Crippen LogP contribution in [0.15, 0.2) is 0 Å². The molecular formula is H3O6PZr. The summed E-state index contributed by atoms with van der Waals surface area (Å²) in [5, 5.41) is 0. The topological polar surface area (TPSA) is 112 Å².